The van der Waals surface area contributed by atoms with Crippen LogP contribution in [0.3, 0.4) is 0 Å². The minimum absolute atomic E-state index is 0.00534. The Morgan fingerprint density at radius 2 is 0.924 bits per heavy atom. The first kappa shape index (κ1) is 63.7. The Morgan fingerprint density at radius 1 is 0.545 bits per heavy atom. The third kappa shape index (κ3) is 49.6. The third-order valence-electron chi connectivity index (χ3n) is 11.6. The van der Waals surface area contributed by atoms with Crippen molar-refractivity contribution in [2.45, 2.75) is 231 Å². The molecule has 382 valence electrons. The van der Waals surface area contributed by atoms with E-state index in [9.17, 15) is 19.4 Å². The average Bonchev–Trinajstić information content (AvgIpc) is 3.28. The topological polar surface area (TPSA) is 108 Å². The van der Waals surface area contributed by atoms with Gasteiger partial charge in [-0.05, 0) is 70.6 Å². The van der Waals surface area contributed by atoms with Gasteiger partial charge in [-0.25, -0.2) is 0 Å². The first-order chi connectivity index (χ1) is 32.0. The molecule has 0 spiro atoms. The maximum Gasteiger partial charge on any atom is 0.268 e. The van der Waals surface area contributed by atoms with Gasteiger partial charge in [0.05, 0.1) is 39.9 Å². The summed E-state index contributed by atoms with van der Waals surface area (Å²) in [5.74, 6) is -0.205. The number of aliphatic hydroxyl groups excluding tert-OH is 1. The Balaban J connectivity index is 4.23. The molecule has 3 unspecified atom stereocenters. The molecule has 0 aromatic carbocycles. The van der Waals surface area contributed by atoms with E-state index in [2.05, 4.69) is 92.1 Å². The largest absolute Gasteiger partial charge is 0.756 e. The molecule has 0 aliphatic carbocycles. The summed E-state index contributed by atoms with van der Waals surface area (Å²) in [6, 6.07) is -0.893. The lowest BCUT2D eigenvalue weighted by molar-refractivity contribution is -0.870. The SMILES string of the molecule is CC/C=C\C/C=C\C/C=C\C/C=C\C/C=C\C/C=C\CCCCCCCCCCCCC(=O)NC(COP(=O)([O-])OCC[N+](C)(C)C)C(O)/C=C/CCCCCCCCCCCCCCC. The molecular formula is C57H103N2O6P. The van der Waals surface area contributed by atoms with Crippen LogP contribution in [0.25, 0.3) is 0 Å². The number of nitrogens with zero attached hydrogens (tertiary/aromatic N) is 1. The van der Waals surface area contributed by atoms with Crippen LogP contribution in [0, 0.1) is 0 Å². The van der Waals surface area contributed by atoms with Crippen LogP contribution in [0.4, 0.5) is 0 Å². The summed E-state index contributed by atoms with van der Waals surface area (Å²) in [5, 5.41) is 13.8. The summed E-state index contributed by atoms with van der Waals surface area (Å²) < 4.78 is 23.3. The van der Waals surface area contributed by atoms with E-state index in [-0.39, 0.29) is 19.1 Å². The van der Waals surface area contributed by atoms with Crippen molar-refractivity contribution < 1.29 is 32.9 Å². The van der Waals surface area contributed by atoms with E-state index in [1.807, 2.05) is 27.2 Å². The second kappa shape index (κ2) is 47.7. The lowest BCUT2D eigenvalue weighted by atomic mass is 10.0. The second-order valence-electron chi connectivity index (χ2n) is 19.2. The number of carbonyl (C=O) groups excluding carboxylic acids is 1. The highest BCUT2D eigenvalue weighted by atomic mass is 31.2. The van der Waals surface area contributed by atoms with E-state index in [0.717, 1.165) is 83.5 Å². The molecule has 0 fully saturated rings. The van der Waals surface area contributed by atoms with E-state index >= 15 is 0 Å². The maximum absolute atomic E-state index is 12.9. The van der Waals surface area contributed by atoms with E-state index in [4.69, 9.17) is 9.05 Å². The van der Waals surface area contributed by atoms with Crippen LogP contribution in [0.5, 0.6) is 0 Å². The van der Waals surface area contributed by atoms with E-state index in [1.165, 1.54) is 116 Å². The van der Waals surface area contributed by atoms with Gasteiger partial charge in [0, 0.05) is 6.42 Å². The van der Waals surface area contributed by atoms with Crippen LogP contribution >= 0.6 is 7.82 Å². The lowest BCUT2D eigenvalue weighted by Crippen LogP contribution is -2.45. The molecular weight excluding hydrogens is 840 g/mol. The van der Waals surface area contributed by atoms with Crippen LogP contribution in [0.2, 0.25) is 0 Å². The molecule has 0 saturated heterocycles. The molecule has 9 heteroatoms. The van der Waals surface area contributed by atoms with Crippen LogP contribution in [0.15, 0.2) is 85.1 Å². The highest BCUT2D eigenvalue weighted by molar-refractivity contribution is 7.45. The monoisotopic (exact) mass is 943 g/mol. The number of allylic oxidation sites excluding steroid dienone is 13. The van der Waals surface area contributed by atoms with Gasteiger partial charge in [0.2, 0.25) is 5.91 Å². The van der Waals surface area contributed by atoms with Gasteiger partial charge >= 0.3 is 0 Å². The van der Waals surface area contributed by atoms with Crippen molar-refractivity contribution >= 4 is 13.7 Å². The molecule has 66 heavy (non-hydrogen) atoms. The van der Waals surface area contributed by atoms with Gasteiger partial charge in [0.1, 0.15) is 13.2 Å². The fraction of sp³-hybridized carbons (Fsp3) is 0.737. The number of amides is 1. The number of unbranched alkanes of at least 4 members (excludes halogenated alkanes) is 23. The molecule has 0 rings (SSSR count). The fourth-order valence-corrected chi connectivity index (χ4v) is 8.11. The highest BCUT2D eigenvalue weighted by Crippen LogP contribution is 2.38. The van der Waals surface area contributed by atoms with Crippen LogP contribution in [-0.4, -0.2) is 68.5 Å². The van der Waals surface area contributed by atoms with Gasteiger partial charge < -0.3 is 28.8 Å². The zero-order valence-corrected chi connectivity index (χ0v) is 44.3. The molecule has 0 bridgehead atoms. The van der Waals surface area contributed by atoms with Crippen molar-refractivity contribution in [2.75, 3.05) is 40.9 Å². The van der Waals surface area contributed by atoms with Crippen molar-refractivity contribution in [3.63, 3.8) is 0 Å². The first-order valence-electron chi connectivity index (χ1n) is 26.9. The zero-order valence-electron chi connectivity index (χ0n) is 43.4. The summed E-state index contributed by atoms with van der Waals surface area (Å²) in [5.41, 5.74) is 0. The first-order valence-corrected chi connectivity index (χ1v) is 28.4. The molecule has 0 radical (unpaired) electrons. The van der Waals surface area contributed by atoms with E-state index in [0.29, 0.717) is 17.4 Å². The van der Waals surface area contributed by atoms with Gasteiger partial charge in [0.15, 0.2) is 0 Å². The van der Waals surface area contributed by atoms with Crippen molar-refractivity contribution in [1.82, 2.24) is 5.32 Å². The number of aliphatic hydroxyl groups is 1. The minimum Gasteiger partial charge on any atom is -0.756 e. The Morgan fingerprint density at radius 3 is 1.35 bits per heavy atom. The molecule has 0 aromatic rings. The number of hydrogen-bond donors (Lipinski definition) is 2. The molecule has 0 heterocycles. The summed E-state index contributed by atoms with van der Waals surface area (Å²) in [4.78, 5) is 25.4. The quantitative estimate of drug-likeness (QED) is 0.0272. The van der Waals surface area contributed by atoms with Crippen molar-refractivity contribution in [3.8, 4) is 0 Å². The smallest absolute Gasteiger partial charge is 0.268 e. The highest BCUT2D eigenvalue weighted by Gasteiger charge is 2.23. The number of rotatable bonds is 48. The van der Waals surface area contributed by atoms with Crippen molar-refractivity contribution in [3.05, 3.63) is 85.1 Å². The Kier molecular flexibility index (Phi) is 46.1. The summed E-state index contributed by atoms with van der Waals surface area (Å²) in [7, 11) is 1.25. The average molecular weight is 943 g/mol. The normalized spacial score (nSPS) is 14.7. The standard InChI is InChI=1S/C57H103N2O6P/c1-6-8-10-12-14-16-18-20-22-23-24-25-26-27-28-29-30-31-32-33-34-35-37-39-41-43-45-47-49-51-57(61)58-55(54-65-66(62,63)64-53-52-59(3,4)5)56(60)50-48-46-44-42-40-38-36-21-19-17-15-13-11-9-7-2/h8,10,14,16,20,22,24-25,27-28,30-31,48,50,55-56,60H,6-7,9,11-13,15,17-19,21,23,26,29,32-47,49,51-54H2,1-5H3,(H-,58,61,62,63)/b10-8-,16-14-,22-20-,25-24-,28-27-,31-30-,50-48+. The molecule has 2 N–H and O–H groups in total. The second-order valence-corrected chi connectivity index (χ2v) is 20.6. The molecule has 0 aliphatic rings. The number of nitrogens with one attached hydrogen (secondary N) is 1. The number of likely N-dealkylation sites (N-methyl/N-ethyl adjacent to an activating group) is 1. The fourth-order valence-electron chi connectivity index (χ4n) is 7.39. The molecule has 3 atom stereocenters. The van der Waals surface area contributed by atoms with Gasteiger partial charge in [-0.2, -0.15) is 0 Å². The molecule has 0 saturated carbocycles. The number of carbonyl (C=O) groups is 1. The van der Waals surface area contributed by atoms with Crippen LogP contribution < -0.4 is 10.2 Å². The van der Waals surface area contributed by atoms with E-state index < -0.39 is 20.0 Å². The number of phosphoric ester groups is 1. The zero-order chi connectivity index (χ0) is 48.5. The van der Waals surface area contributed by atoms with Crippen LogP contribution in [-0.2, 0) is 18.4 Å². The van der Waals surface area contributed by atoms with Crippen LogP contribution in [0.1, 0.15) is 219 Å². The molecule has 8 nitrogen and oxygen atoms in total. The Hall–Kier alpha value is -2.32. The van der Waals surface area contributed by atoms with Crippen molar-refractivity contribution in [2.24, 2.45) is 0 Å². The van der Waals surface area contributed by atoms with Gasteiger partial charge in [-0.15, -0.1) is 0 Å². The minimum atomic E-state index is -4.60. The molecule has 0 aromatic heterocycles. The summed E-state index contributed by atoms with van der Waals surface area (Å²) >= 11 is 0. The molecule has 0 aliphatic heterocycles. The number of hydrogen-bond acceptors (Lipinski definition) is 6. The maximum atomic E-state index is 12.9. The Bertz CT molecular complexity index is 1350. The lowest BCUT2D eigenvalue weighted by Gasteiger charge is -2.29. The van der Waals surface area contributed by atoms with Gasteiger partial charge in [0.25, 0.3) is 7.82 Å². The predicted octanol–water partition coefficient (Wildman–Crippen LogP) is 15.5. The summed E-state index contributed by atoms with van der Waals surface area (Å²) in [6.07, 6.45) is 66.4. The molecule has 1 amide bonds. The van der Waals surface area contributed by atoms with Gasteiger partial charge in [-0.1, -0.05) is 227 Å². The van der Waals surface area contributed by atoms with Crippen molar-refractivity contribution in [1.29, 1.82) is 0 Å². The van der Waals surface area contributed by atoms with Gasteiger partial charge in [-0.3, -0.25) is 9.36 Å². The predicted molar refractivity (Wildman–Crippen MR) is 283 cm³/mol. The third-order valence-corrected chi connectivity index (χ3v) is 12.6. The van der Waals surface area contributed by atoms with E-state index in [1.54, 1.807) is 6.08 Å². The number of phosphoric acid groups is 1. The summed E-state index contributed by atoms with van der Waals surface area (Å²) in [6.45, 7) is 4.53. The Labute approximate surface area is 407 Å². The number of quaternary nitrogens is 1.